The monoisotopic (exact) mass is 279 g/mol. The molecule has 0 spiro atoms. The van der Waals surface area contributed by atoms with Gasteiger partial charge in [-0.05, 0) is 36.1 Å². The van der Waals surface area contributed by atoms with Crippen molar-refractivity contribution in [2.75, 3.05) is 14.1 Å². The standard InChI is InChI=1S/C8H11INP/c1-10(2)11(9)8-6-4-3-5-7-8/h3-7H,1-2H3. The maximum Gasteiger partial charge on any atom is 0.0623 e. The summed E-state index contributed by atoms with van der Waals surface area (Å²) in [7, 11) is 4.23. The highest BCUT2D eigenvalue weighted by Gasteiger charge is 2.07. The fourth-order valence-corrected chi connectivity index (χ4v) is 2.63. The van der Waals surface area contributed by atoms with Crippen LogP contribution in [0.3, 0.4) is 0 Å². The minimum absolute atomic E-state index is 0.131. The van der Waals surface area contributed by atoms with Gasteiger partial charge in [0.1, 0.15) is 0 Å². The van der Waals surface area contributed by atoms with Crippen molar-refractivity contribution in [3.63, 3.8) is 0 Å². The van der Waals surface area contributed by atoms with Crippen LogP contribution in [-0.2, 0) is 0 Å². The van der Waals surface area contributed by atoms with Crippen LogP contribution >= 0.6 is 27.8 Å². The Kier molecular flexibility index (Phi) is 3.76. The van der Waals surface area contributed by atoms with Gasteiger partial charge in [0.25, 0.3) is 0 Å². The first kappa shape index (κ1) is 9.43. The molecule has 3 heteroatoms. The highest BCUT2D eigenvalue weighted by atomic mass is 127. The lowest BCUT2D eigenvalue weighted by Gasteiger charge is -2.17. The second-order valence-corrected chi connectivity index (χ2v) is 7.02. The van der Waals surface area contributed by atoms with Crippen molar-refractivity contribution in [3.05, 3.63) is 30.3 Å². The number of hydrogen-bond donors (Lipinski definition) is 0. The molecular weight excluding hydrogens is 268 g/mol. The molecule has 0 aliphatic carbocycles. The van der Waals surface area contributed by atoms with E-state index in [9.17, 15) is 0 Å². The lowest BCUT2D eigenvalue weighted by molar-refractivity contribution is 0.695. The van der Waals surface area contributed by atoms with Gasteiger partial charge in [-0.2, -0.15) is 0 Å². The molecule has 1 unspecified atom stereocenters. The van der Waals surface area contributed by atoms with E-state index in [1.165, 1.54) is 5.30 Å². The van der Waals surface area contributed by atoms with Crippen molar-refractivity contribution in [3.8, 4) is 0 Å². The zero-order valence-electron chi connectivity index (χ0n) is 6.66. The predicted octanol–water partition coefficient (Wildman–Crippen LogP) is 2.62. The van der Waals surface area contributed by atoms with E-state index in [4.69, 9.17) is 0 Å². The lowest BCUT2D eigenvalue weighted by Crippen LogP contribution is -2.09. The first-order valence-corrected chi connectivity index (χ1v) is 7.48. The Balaban J connectivity index is 2.77. The maximum atomic E-state index is 2.49. The summed E-state index contributed by atoms with van der Waals surface area (Å²) in [4.78, 5) is 0. The molecule has 11 heavy (non-hydrogen) atoms. The van der Waals surface area contributed by atoms with Crippen LogP contribution < -0.4 is 5.30 Å². The largest absolute Gasteiger partial charge is 0.277 e. The summed E-state index contributed by atoms with van der Waals surface area (Å²) in [6.07, 6.45) is 0. The summed E-state index contributed by atoms with van der Waals surface area (Å²) in [5.74, 6) is 0. The van der Waals surface area contributed by atoms with Crippen LogP contribution in [0.25, 0.3) is 0 Å². The number of halogens is 1. The van der Waals surface area contributed by atoms with Crippen LogP contribution in [0.4, 0.5) is 0 Å². The molecular formula is C8H11INP. The van der Waals surface area contributed by atoms with E-state index in [1.807, 2.05) is 0 Å². The van der Waals surface area contributed by atoms with Crippen LogP contribution in [0, 0.1) is 0 Å². The molecule has 0 heterocycles. The third kappa shape index (κ3) is 2.69. The summed E-state index contributed by atoms with van der Waals surface area (Å²) in [6.45, 7) is 0. The average molecular weight is 279 g/mol. The molecule has 60 valence electrons. The van der Waals surface area contributed by atoms with Crippen LogP contribution in [0.5, 0.6) is 0 Å². The molecule has 0 aliphatic rings. The van der Waals surface area contributed by atoms with Gasteiger partial charge < -0.3 is 0 Å². The molecule has 1 aromatic rings. The Morgan fingerprint density at radius 3 is 2.18 bits per heavy atom. The van der Waals surface area contributed by atoms with Crippen molar-refractivity contribution in [1.82, 2.24) is 4.67 Å². The zero-order chi connectivity index (χ0) is 8.27. The van der Waals surface area contributed by atoms with Gasteiger partial charge in [-0.3, -0.25) is 4.67 Å². The highest BCUT2D eigenvalue weighted by molar-refractivity contribution is 14.2. The van der Waals surface area contributed by atoms with Gasteiger partial charge in [-0.15, -0.1) is 0 Å². The van der Waals surface area contributed by atoms with Crippen molar-refractivity contribution >= 4 is 33.1 Å². The molecule has 0 aliphatic heterocycles. The first-order chi connectivity index (χ1) is 5.22. The molecule has 0 fully saturated rings. The van der Waals surface area contributed by atoms with Gasteiger partial charge in [0.05, 0.1) is 5.71 Å². The molecule has 0 bridgehead atoms. The highest BCUT2D eigenvalue weighted by Crippen LogP contribution is 2.44. The van der Waals surface area contributed by atoms with Gasteiger partial charge >= 0.3 is 0 Å². The van der Waals surface area contributed by atoms with Crippen molar-refractivity contribution in [2.45, 2.75) is 0 Å². The van der Waals surface area contributed by atoms with E-state index in [0.717, 1.165) is 0 Å². The molecule has 1 aromatic carbocycles. The molecule has 0 N–H and O–H groups in total. The Hall–Kier alpha value is 0.340. The third-order valence-corrected chi connectivity index (χ3v) is 7.01. The molecule has 0 saturated carbocycles. The van der Waals surface area contributed by atoms with Gasteiger partial charge in [0.15, 0.2) is 0 Å². The molecule has 1 nitrogen and oxygen atoms in total. The van der Waals surface area contributed by atoms with Crippen LogP contribution in [0.2, 0.25) is 0 Å². The quantitative estimate of drug-likeness (QED) is 0.594. The van der Waals surface area contributed by atoms with Gasteiger partial charge in [-0.1, -0.05) is 30.3 Å². The van der Waals surface area contributed by atoms with Crippen LogP contribution in [0.1, 0.15) is 0 Å². The predicted molar refractivity (Wildman–Crippen MR) is 60.7 cm³/mol. The minimum Gasteiger partial charge on any atom is -0.277 e. The summed E-state index contributed by atoms with van der Waals surface area (Å²) < 4.78 is 2.26. The molecule has 0 amide bonds. The molecule has 1 rings (SSSR count). The Bertz CT molecular complexity index is 213. The van der Waals surface area contributed by atoms with E-state index in [-0.39, 0.29) is 5.71 Å². The van der Waals surface area contributed by atoms with Crippen molar-refractivity contribution in [1.29, 1.82) is 0 Å². The molecule has 0 radical (unpaired) electrons. The zero-order valence-corrected chi connectivity index (χ0v) is 9.71. The van der Waals surface area contributed by atoms with E-state index in [2.05, 4.69) is 71.1 Å². The fourth-order valence-electron chi connectivity index (χ4n) is 0.782. The van der Waals surface area contributed by atoms with Gasteiger partial charge in [0, 0.05) is 5.30 Å². The smallest absolute Gasteiger partial charge is 0.0623 e. The van der Waals surface area contributed by atoms with E-state index >= 15 is 0 Å². The first-order valence-electron chi connectivity index (χ1n) is 3.40. The average Bonchev–Trinajstić information content (AvgIpc) is 2.05. The third-order valence-electron chi connectivity index (χ3n) is 1.32. The topological polar surface area (TPSA) is 3.24 Å². The normalized spacial score (nSPS) is 13.5. The van der Waals surface area contributed by atoms with Gasteiger partial charge in [0.2, 0.25) is 0 Å². The Labute approximate surface area is 82.1 Å². The summed E-state index contributed by atoms with van der Waals surface area (Å²) in [5, 5.41) is 1.42. The molecule has 0 aromatic heterocycles. The SMILES string of the molecule is CN(C)P(I)c1ccccc1. The summed E-state index contributed by atoms with van der Waals surface area (Å²) in [5.41, 5.74) is -0.131. The number of benzene rings is 1. The number of nitrogens with zero attached hydrogens (tertiary/aromatic N) is 1. The Morgan fingerprint density at radius 2 is 1.73 bits per heavy atom. The fraction of sp³-hybridized carbons (Fsp3) is 0.250. The maximum absolute atomic E-state index is 2.49. The van der Waals surface area contributed by atoms with Crippen LogP contribution in [-0.4, -0.2) is 18.8 Å². The van der Waals surface area contributed by atoms with E-state index in [0.29, 0.717) is 0 Å². The summed E-state index contributed by atoms with van der Waals surface area (Å²) >= 11 is 2.49. The van der Waals surface area contributed by atoms with E-state index < -0.39 is 0 Å². The number of rotatable bonds is 2. The van der Waals surface area contributed by atoms with Crippen molar-refractivity contribution < 1.29 is 0 Å². The second-order valence-electron chi connectivity index (χ2n) is 2.44. The minimum atomic E-state index is -0.131. The summed E-state index contributed by atoms with van der Waals surface area (Å²) in [6, 6.07) is 10.6. The molecule has 0 saturated heterocycles. The van der Waals surface area contributed by atoms with Gasteiger partial charge in [-0.25, -0.2) is 0 Å². The number of hydrogen-bond acceptors (Lipinski definition) is 1. The lowest BCUT2D eigenvalue weighted by atomic mass is 10.4. The molecule has 1 atom stereocenters. The Morgan fingerprint density at radius 1 is 1.18 bits per heavy atom. The van der Waals surface area contributed by atoms with Crippen molar-refractivity contribution in [2.24, 2.45) is 0 Å². The van der Waals surface area contributed by atoms with Crippen LogP contribution in [0.15, 0.2) is 30.3 Å². The van der Waals surface area contributed by atoms with E-state index in [1.54, 1.807) is 0 Å². The second kappa shape index (κ2) is 4.39.